The van der Waals surface area contributed by atoms with Crippen LogP contribution < -0.4 is 4.74 Å². The van der Waals surface area contributed by atoms with Crippen molar-refractivity contribution in [3.63, 3.8) is 0 Å². The topological polar surface area (TPSA) is 33.0 Å². The number of hydrogen-bond donors (Lipinski definition) is 0. The summed E-state index contributed by atoms with van der Waals surface area (Å²) < 4.78 is 5.52. The van der Waals surface area contributed by atoms with Crippen LogP contribution in [0.2, 0.25) is 0 Å². The van der Waals surface area contributed by atoms with Gasteiger partial charge < -0.3 is 4.74 Å². The number of rotatable bonds is 4. The molecule has 0 heterocycles. The molecule has 2 heteroatoms. The van der Waals surface area contributed by atoms with E-state index in [0.717, 1.165) is 12.2 Å². The predicted molar refractivity (Wildman–Crippen MR) is 56.3 cm³/mol. The summed E-state index contributed by atoms with van der Waals surface area (Å²) in [4.78, 5) is 0. The van der Waals surface area contributed by atoms with Crippen LogP contribution in [0.4, 0.5) is 0 Å². The van der Waals surface area contributed by atoms with Crippen molar-refractivity contribution < 1.29 is 4.74 Å². The molecule has 1 rings (SSSR count). The van der Waals surface area contributed by atoms with Gasteiger partial charge in [-0.1, -0.05) is 6.07 Å². The number of ether oxygens (including phenoxy) is 1. The molecule has 0 spiro atoms. The molecule has 0 amide bonds. The lowest BCUT2D eigenvalue weighted by molar-refractivity contribution is 0.312. The maximum absolute atomic E-state index is 8.35. The standard InChI is InChI=1S/C12H15NO/c1-10-7-11(2)9-12(8-10)14-6-4-3-5-13/h7-9H,3-4,6H2,1-2H3. The number of unbranched alkanes of at least 4 members (excludes halogenated alkanes) is 1. The quantitative estimate of drug-likeness (QED) is 0.682. The van der Waals surface area contributed by atoms with Gasteiger partial charge in [-0.3, -0.25) is 0 Å². The van der Waals surface area contributed by atoms with E-state index >= 15 is 0 Å². The summed E-state index contributed by atoms with van der Waals surface area (Å²) in [7, 11) is 0. The van der Waals surface area contributed by atoms with Crippen molar-refractivity contribution in [3.05, 3.63) is 29.3 Å². The predicted octanol–water partition coefficient (Wildman–Crippen LogP) is 2.99. The minimum atomic E-state index is 0.560. The lowest BCUT2D eigenvalue weighted by Gasteiger charge is -2.06. The third-order valence-electron chi connectivity index (χ3n) is 1.90. The Hall–Kier alpha value is -1.49. The van der Waals surface area contributed by atoms with Gasteiger partial charge in [-0.05, 0) is 43.5 Å². The second kappa shape index (κ2) is 5.29. The van der Waals surface area contributed by atoms with Crippen LogP contribution in [0.5, 0.6) is 5.75 Å². The first-order valence-corrected chi connectivity index (χ1v) is 4.80. The molecule has 74 valence electrons. The average molecular weight is 189 g/mol. The highest BCUT2D eigenvalue weighted by Gasteiger charge is 1.96. The summed E-state index contributed by atoms with van der Waals surface area (Å²) in [6.45, 7) is 4.72. The molecular weight excluding hydrogens is 174 g/mol. The molecule has 0 aliphatic rings. The van der Waals surface area contributed by atoms with Crippen LogP contribution in [0, 0.1) is 25.2 Å². The highest BCUT2D eigenvalue weighted by atomic mass is 16.5. The lowest BCUT2D eigenvalue weighted by atomic mass is 10.1. The second-order valence-electron chi connectivity index (χ2n) is 3.43. The number of hydrogen-bond acceptors (Lipinski definition) is 2. The van der Waals surface area contributed by atoms with E-state index in [9.17, 15) is 0 Å². The van der Waals surface area contributed by atoms with Gasteiger partial charge in [0.1, 0.15) is 5.75 Å². The zero-order valence-electron chi connectivity index (χ0n) is 8.71. The maximum atomic E-state index is 8.35. The number of benzene rings is 1. The highest BCUT2D eigenvalue weighted by molar-refractivity contribution is 5.32. The van der Waals surface area contributed by atoms with Crippen molar-refractivity contribution in [1.82, 2.24) is 0 Å². The summed E-state index contributed by atoms with van der Waals surface area (Å²) in [6, 6.07) is 8.24. The lowest BCUT2D eigenvalue weighted by Crippen LogP contribution is -1.97. The largest absolute Gasteiger partial charge is 0.494 e. The molecule has 0 atom stereocenters. The van der Waals surface area contributed by atoms with E-state index < -0.39 is 0 Å². The Bertz CT molecular complexity index is 318. The van der Waals surface area contributed by atoms with Crippen molar-refractivity contribution in [2.75, 3.05) is 6.61 Å². The Morgan fingerprint density at radius 3 is 2.43 bits per heavy atom. The molecule has 0 radical (unpaired) electrons. The van der Waals surface area contributed by atoms with Crippen molar-refractivity contribution in [3.8, 4) is 11.8 Å². The Balaban J connectivity index is 2.47. The summed E-state index contributed by atoms with van der Waals surface area (Å²) >= 11 is 0. The van der Waals surface area contributed by atoms with Crippen molar-refractivity contribution in [2.45, 2.75) is 26.7 Å². The molecule has 0 aromatic heterocycles. The van der Waals surface area contributed by atoms with E-state index in [2.05, 4.69) is 26.0 Å². The first-order valence-electron chi connectivity index (χ1n) is 4.80. The molecule has 0 fully saturated rings. The van der Waals surface area contributed by atoms with E-state index in [-0.39, 0.29) is 0 Å². The summed E-state index contributed by atoms with van der Waals surface area (Å²) in [5, 5.41) is 8.35. The minimum Gasteiger partial charge on any atom is -0.494 e. The maximum Gasteiger partial charge on any atom is 0.119 e. The van der Waals surface area contributed by atoms with Gasteiger partial charge >= 0.3 is 0 Å². The van der Waals surface area contributed by atoms with Crippen molar-refractivity contribution in [1.29, 1.82) is 5.26 Å². The van der Waals surface area contributed by atoms with Crippen molar-refractivity contribution >= 4 is 0 Å². The van der Waals surface area contributed by atoms with Crippen LogP contribution in [-0.2, 0) is 0 Å². The average Bonchev–Trinajstić information content (AvgIpc) is 2.11. The molecule has 0 N–H and O–H groups in total. The van der Waals surface area contributed by atoms with Gasteiger partial charge in [0.15, 0.2) is 0 Å². The summed E-state index contributed by atoms with van der Waals surface area (Å²) in [5.41, 5.74) is 2.42. The number of nitriles is 1. The molecular formula is C12H15NO. The second-order valence-corrected chi connectivity index (χ2v) is 3.43. The number of nitrogens with zero attached hydrogens (tertiary/aromatic N) is 1. The van der Waals surface area contributed by atoms with E-state index in [1.165, 1.54) is 11.1 Å². The molecule has 0 unspecified atom stereocenters. The Kier molecular flexibility index (Phi) is 4.00. The number of aryl methyl sites for hydroxylation is 2. The molecule has 0 saturated heterocycles. The monoisotopic (exact) mass is 189 g/mol. The molecule has 1 aromatic rings. The fourth-order valence-corrected chi connectivity index (χ4v) is 1.36. The van der Waals surface area contributed by atoms with Gasteiger partial charge in [0.05, 0.1) is 12.7 Å². The Labute approximate surface area is 85.1 Å². The molecule has 14 heavy (non-hydrogen) atoms. The molecule has 0 saturated carbocycles. The molecule has 0 aliphatic heterocycles. The van der Waals surface area contributed by atoms with Crippen LogP contribution in [0.1, 0.15) is 24.0 Å². The van der Waals surface area contributed by atoms with Crippen LogP contribution in [-0.4, -0.2) is 6.61 Å². The van der Waals surface area contributed by atoms with E-state index in [4.69, 9.17) is 10.00 Å². The zero-order valence-corrected chi connectivity index (χ0v) is 8.71. The van der Waals surface area contributed by atoms with E-state index in [1.54, 1.807) is 0 Å². The van der Waals surface area contributed by atoms with Crippen LogP contribution in [0.15, 0.2) is 18.2 Å². The van der Waals surface area contributed by atoms with Gasteiger partial charge in [0, 0.05) is 6.42 Å². The van der Waals surface area contributed by atoms with Gasteiger partial charge in [0.25, 0.3) is 0 Å². The minimum absolute atomic E-state index is 0.560. The molecule has 0 aliphatic carbocycles. The van der Waals surface area contributed by atoms with Crippen LogP contribution in [0.3, 0.4) is 0 Å². The Morgan fingerprint density at radius 1 is 1.21 bits per heavy atom. The first-order chi connectivity index (χ1) is 6.72. The third kappa shape index (κ3) is 3.49. The van der Waals surface area contributed by atoms with E-state index in [0.29, 0.717) is 13.0 Å². The fraction of sp³-hybridized carbons (Fsp3) is 0.417. The summed E-state index contributed by atoms with van der Waals surface area (Å²) in [6.07, 6.45) is 1.36. The smallest absolute Gasteiger partial charge is 0.119 e. The third-order valence-corrected chi connectivity index (χ3v) is 1.90. The van der Waals surface area contributed by atoms with Gasteiger partial charge in [-0.25, -0.2) is 0 Å². The first kappa shape index (κ1) is 10.6. The molecule has 2 nitrogen and oxygen atoms in total. The van der Waals surface area contributed by atoms with Gasteiger partial charge in [-0.15, -0.1) is 0 Å². The molecule has 0 bridgehead atoms. The van der Waals surface area contributed by atoms with Crippen LogP contribution in [0.25, 0.3) is 0 Å². The molecule has 1 aromatic carbocycles. The Morgan fingerprint density at radius 2 is 1.86 bits per heavy atom. The van der Waals surface area contributed by atoms with E-state index in [1.807, 2.05) is 12.1 Å². The summed E-state index contributed by atoms with van der Waals surface area (Å²) in [5.74, 6) is 0.903. The highest BCUT2D eigenvalue weighted by Crippen LogP contribution is 2.16. The fourth-order valence-electron chi connectivity index (χ4n) is 1.36. The van der Waals surface area contributed by atoms with Crippen LogP contribution >= 0.6 is 0 Å². The van der Waals surface area contributed by atoms with Gasteiger partial charge in [0.2, 0.25) is 0 Å². The van der Waals surface area contributed by atoms with Crippen molar-refractivity contribution in [2.24, 2.45) is 0 Å². The zero-order chi connectivity index (χ0) is 10.4. The SMILES string of the molecule is Cc1cc(C)cc(OCCCC#N)c1. The normalized spacial score (nSPS) is 9.50. The van der Waals surface area contributed by atoms with Gasteiger partial charge in [-0.2, -0.15) is 5.26 Å².